The Balaban J connectivity index is 1.44. The SMILES string of the molecule is CC(C)C(C)(C)[Si]C(OC(=O)NN1C(=O)CC1SC(c1ccccc1)(c1ccccc1)c1ccccc1)c1cccc([N+](=O)[O-])c1. The number of carbonyl (C=O) groups excluding carboxylic acids is 2. The Labute approximate surface area is 276 Å². The van der Waals surface area contributed by atoms with Gasteiger partial charge in [0.05, 0.1) is 16.1 Å². The van der Waals surface area contributed by atoms with Crippen LogP contribution in [0.5, 0.6) is 0 Å². The molecule has 1 saturated heterocycles. The molecule has 0 aliphatic carbocycles. The smallest absolute Gasteiger partial charge is 0.426 e. The number of hydrazine groups is 1. The van der Waals surface area contributed by atoms with Crippen LogP contribution in [0.3, 0.4) is 0 Å². The first-order chi connectivity index (χ1) is 22.0. The summed E-state index contributed by atoms with van der Waals surface area (Å²) in [4.78, 5) is 37.6. The van der Waals surface area contributed by atoms with E-state index in [1.54, 1.807) is 23.9 Å². The standard InChI is InChI=1S/C36H37N3O5SSi/c1-25(2)35(3,4)46-33(26-15-14-22-30(23-26)39(42)43)44-34(41)37-38-31(40)24-32(38)45-36(27-16-8-5-9-17-27,28-18-10-6-11-19-28)29-20-12-7-13-21-29/h5-23,25,32-33H,24H2,1-4H3,(H,37,41). The van der Waals surface area contributed by atoms with Gasteiger partial charge in [0.15, 0.2) is 0 Å². The summed E-state index contributed by atoms with van der Waals surface area (Å²) in [6, 6.07) is 36.6. The van der Waals surface area contributed by atoms with Gasteiger partial charge in [0.1, 0.15) is 20.6 Å². The maximum atomic E-state index is 13.5. The number of β-lactam (4-membered cyclic amide) rings is 1. The number of nitrogens with zero attached hydrogens (tertiary/aromatic N) is 2. The van der Waals surface area contributed by atoms with Crippen molar-refractivity contribution in [2.45, 2.75) is 55.0 Å². The highest BCUT2D eigenvalue weighted by molar-refractivity contribution is 8.01. The van der Waals surface area contributed by atoms with E-state index in [2.05, 4.69) is 69.5 Å². The average Bonchev–Trinajstić information content (AvgIpc) is 3.06. The van der Waals surface area contributed by atoms with Crippen molar-refractivity contribution >= 4 is 39.0 Å². The molecule has 4 aromatic rings. The second-order valence-corrected chi connectivity index (χ2v) is 15.6. The number of hydrogen-bond donors (Lipinski definition) is 1. The molecule has 0 bridgehead atoms. The molecule has 236 valence electrons. The molecule has 2 radical (unpaired) electrons. The molecule has 1 fully saturated rings. The van der Waals surface area contributed by atoms with Gasteiger partial charge in [-0.25, -0.2) is 15.2 Å². The number of rotatable bonds is 12. The van der Waals surface area contributed by atoms with Gasteiger partial charge in [0.25, 0.3) is 5.69 Å². The van der Waals surface area contributed by atoms with Gasteiger partial charge >= 0.3 is 6.09 Å². The van der Waals surface area contributed by atoms with Crippen molar-refractivity contribution in [1.29, 1.82) is 0 Å². The number of thioether (sulfide) groups is 1. The van der Waals surface area contributed by atoms with E-state index in [1.807, 2.05) is 54.6 Å². The van der Waals surface area contributed by atoms with E-state index in [-0.39, 0.29) is 38.5 Å². The third-order valence-corrected chi connectivity index (χ3v) is 12.3. The zero-order valence-electron chi connectivity index (χ0n) is 26.3. The lowest BCUT2D eigenvalue weighted by Crippen LogP contribution is -2.60. The fourth-order valence-electron chi connectivity index (χ4n) is 5.26. The number of hydrogen-bond acceptors (Lipinski definition) is 6. The quantitative estimate of drug-likeness (QED) is 0.0547. The first kappa shape index (κ1) is 33.0. The Bertz CT molecular complexity index is 1570. The summed E-state index contributed by atoms with van der Waals surface area (Å²) in [5.74, 6) is 0.0351. The summed E-state index contributed by atoms with van der Waals surface area (Å²) in [5.41, 5.74) is 5.57. The maximum Gasteiger partial charge on any atom is 0.426 e. The Hall–Kier alpha value is -4.41. The number of nitro groups is 1. The molecule has 2 unspecified atom stereocenters. The number of benzene rings is 4. The summed E-state index contributed by atoms with van der Waals surface area (Å²) in [6.07, 6.45) is -0.553. The number of nitrogens with one attached hydrogen (secondary N) is 1. The Kier molecular flexibility index (Phi) is 9.98. The summed E-state index contributed by atoms with van der Waals surface area (Å²) < 4.78 is 5.29. The van der Waals surface area contributed by atoms with Gasteiger partial charge in [0.2, 0.25) is 5.91 Å². The van der Waals surface area contributed by atoms with Crippen LogP contribution in [-0.2, 0) is 14.3 Å². The van der Waals surface area contributed by atoms with Crippen molar-refractivity contribution in [2.24, 2.45) is 5.92 Å². The van der Waals surface area contributed by atoms with Crippen molar-refractivity contribution in [3.63, 3.8) is 0 Å². The minimum absolute atomic E-state index is 0.0767. The minimum Gasteiger partial charge on any atom is -0.445 e. The van der Waals surface area contributed by atoms with Crippen LogP contribution in [0, 0.1) is 16.0 Å². The molecular weight excluding hydrogens is 615 g/mol. The largest absolute Gasteiger partial charge is 0.445 e. The zero-order valence-corrected chi connectivity index (χ0v) is 28.1. The van der Waals surface area contributed by atoms with Crippen molar-refractivity contribution in [1.82, 2.24) is 10.4 Å². The van der Waals surface area contributed by atoms with E-state index < -0.39 is 26.9 Å². The molecular formula is C36H37N3O5SSi. The van der Waals surface area contributed by atoms with Crippen molar-refractivity contribution in [3.8, 4) is 0 Å². The lowest BCUT2D eigenvalue weighted by Gasteiger charge is -2.45. The molecule has 2 atom stereocenters. The molecule has 1 heterocycles. The van der Waals surface area contributed by atoms with Crippen molar-refractivity contribution < 1.29 is 19.2 Å². The zero-order chi connectivity index (χ0) is 32.9. The van der Waals surface area contributed by atoms with Gasteiger partial charge in [-0.15, -0.1) is 11.8 Å². The van der Waals surface area contributed by atoms with Crippen LogP contribution in [0.1, 0.15) is 62.1 Å². The lowest BCUT2D eigenvalue weighted by molar-refractivity contribution is -0.385. The van der Waals surface area contributed by atoms with Crippen LogP contribution in [0.2, 0.25) is 5.04 Å². The molecule has 10 heteroatoms. The maximum absolute atomic E-state index is 13.5. The van der Waals surface area contributed by atoms with Gasteiger partial charge in [-0.3, -0.25) is 14.9 Å². The van der Waals surface area contributed by atoms with E-state index in [0.29, 0.717) is 5.56 Å². The van der Waals surface area contributed by atoms with Crippen molar-refractivity contribution in [2.75, 3.05) is 0 Å². The first-order valence-corrected chi connectivity index (χ1v) is 17.1. The molecule has 8 nitrogen and oxygen atoms in total. The predicted octanol–water partition coefficient (Wildman–Crippen LogP) is 8.08. The second-order valence-electron chi connectivity index (χ2n) is 12.1. The minimum atomic E-state index is -0.785. The lowest BCUT2D eigenvalue weighted by atomic mass is 9.84. The molecule has 1 aliphatic rings. The van der Waals surface area contributed by atoms with Crippen LogP contribution in [0.15, 0.2) is 115 Å². The molecule has 0 spiro atoms. The molecule has 0 saturated carbocycles. The first-order valence-electron chi connectivity index (χ1n) is 15.2. The van der Waals surface area contributed by atoms with E-state index in [9.17, 15) is 19.7 Å². The summed E-state index contributed by atoms with van der Waals surface area (Å²) >= 11 is 1.59. The Morgan fingerprint density at radius 1 is 0.913 bits per heavy atom. The van der Waals surface area contributed by atoms with Crippen LogP contribution >= 0.6 is 11.8 Å². The third-order valence-electron chi connectivity index (χ3n) is 8.53. The van der Waals surface area contributed by atoms with E-state index >= 15 is 0 Å². The highest BCUT2D eigenvalue weighted by Crippen LogP contribution is 2.52. The summed E-state index contributed by atoms with van der Waals surface area (Å²) in [6.45, 7) is 8.36. The van der Waals surface area contributed by atoms with Crippen LogP contribution in [-0.4, -0.2) is 36.8 Å². The second kappa shape index (κ2) is 13.9. The number of non-ortho nitro benzene ring substituents is 1. The predicted molar refractivity (Wildman–Crippen MR) is 182 cm³/mol. The molecule has 1 aliphatic heterocycles. The molecule has 46 heavy (non-hydrogen) atoms. The van der Waals surface area contributed by atoms with Gasteiger partial charge in [-0.05, 0) is 33.2 Å². The summed E-state index contributed by atoms with van der Waals surface area (Å²) in [5, 5.41) is 12.2. The molecule has 0 aromatic heterocycles. The molecule has 1 N–H and O–H groups in total. The number of nitro benzene ring substituents is 1. The van der Waals surface area contributed by atoms with E-state index in [4.69, 9.17) is 4.74 Å². The fourth-order valence-corrected chi connectivity index (χ4v) is 8.51. The van der Waals surface area contributed by atoms with Gasteiger partial charge in [-0.1, -0.05) is 131 Å². The number of ether oxygens (including phenoxy) is 1. The molecule has 2 amide bonds. The highest BCUT2D eigenvalue weighted by Gasteiger charge is 2.47. The number of amides is 2. The monoisotopic (exact) mass is 651 g/mol. The van der Waals surface area contributed by atoms with Crippen LogP contribution in [0.4, 0.5) is 10.5 Å². The third kappa shape index (κ3) is 7.03. The Morgan fingerprint density at radius 2 is 1.43 bits per heavy atom. The normalized spacial score (nSPS) is 15.6. The highest BCUT2D eigenvalue weighted by atomic mass is 32.2. The Morgan fingerprint density at radius 3 is 1.89 bits per heavy atom. The van der Waals surface area contributed by atoms with Crippen LogP contribution < -0.4 is 5.43 Å². The van der Waals surface area contributed by atoms with Gasteiger partial charge in [-0.2, -0.15) is 0 Å². The average molecular weight is 652 g/mol. The topological polar surface area (TPSA) is 102 Å². The van der Waals surface area contributed by atoms with Gasteiger partial charge < -0.3 is 4.74 Å². The summed E-state index contributed by atoms with van der Waals surface area (Å²) in [7, 11) is 0.114. The van der Waals surface area contributed by atoms with Crippen molar-refractivity contribution in [3.05, 3.63) is 148 Å². The van der Waals surface area contributed by atoms with Crippen LogP contribution in [0.25, 0.3) is 0 Å². The van der Waals surface area contributed by atoms with Gasteiger partial charge in [0, 0.05) is 12.1 Å². The molecule has 4 aromatic carbocycles. The fraction of sp³-hybridized carbons (Fsp3) is 0.278. The van der Waals surface area contributed by atoms with E-state index in [0.717, 1.165) is 16.7 Å². The number of carbonyl (C=O) groups is 2. The molecule has 5 rings (SSSR count). The van der Waals surface area contributed by atoms with E-state index in [1.165, 1.54) is 17.1 Å².